The lowest BCUT2D eigenvalue weighted by Crippen LogP contribution is -2.22. The molecule has 2 unspecified atom stereocenters. The molecule has 108 valence electrons. The van der Waals surface area contributed by atoms with E-state index >= 15 is 0 Å². The maximum atomic E-state index is 11.8. The van der Waals surface area contributed by atoms with Crippen LogP contribution in [0.2, 0.25) is 0 Å². The van der Waals surface area contributed by atoms with Crippen molar-refractivity contribution in [1.29, 1.82) is 0 Å². The van der Waals surface area contributed by atoms with Crippen molar-refractivity contribution in [3.05, 3.63) is 23.8 Å². The number of nitrogens with two attached hydrogens (primary N) is 1. The second kappa shape index (κ2) is 5.35. The SMILES string of the molecule is CCOC(=O)c1ccc(N)c(N2CC3CCCC3C2)c1. The van der Waals surface area contributed by atoms with Gasteiger partial charge in [0.25, 0.3) is 0 Å². The summed E-state index contributed by atoms with van der Waals surface area (Å²) >= 11 is 0. The summed E-state index contributed by atoms with van der Waals surface area (Å²) < 4.78 is 5.06. The fraction of sp³-hybridized carbons (Fsp3) is 0.562. The third-order valence-electron chi connectivity index (χ3n) is 4.61. The molecule has 1 saturated carbocycles. The number of esters is 1. The highest BCUT2D eigenvalue weighted by atomic mass is 16.5. The van der Waals surface area contributed by atoms with Crippen molar-refractivity contribution in [2.75, 3.05) is 30.3 Å². The van der Waals surface area contributed by atoms with Gasteiger partial charge < -0.3 is 15.4 Å². The van der Waals surface area contributed by atoms with Crippen molar-refractivity contribution in [2.45, 2.75) is 26.2 Å². The fourth-order valence-electron chi connectivity index (χ4n) is 3.59. The van der Waals surface area contributed by atoms with Crippen molar-refractivity contribution in [3.8, 4) is 0 Å². The van der Waals surface area contributed by atoms with Crippen molar-refractivity contribution in [3.63, 3.8) is 0 Å². The van der Waals surface area contributed by atoms with Gasteiger partial charge in [0.1, 0.15) is 0 Å². The fourth-order valence-corrected chi connectivity index (χ4v) is 3.59. The van der Waals surface area contributed by atoms with Crippen LogP contribution in [0, 0.1) is 11.8 Å². The minimum Gasteiger partial charge on any atom is -0.462 e. The summed E-state index contributed by atoms with van der Waals surface area (Å²) in [6.45, 7) is 4.35. The maximum Gasteiger partial charge on any atom is 0.338 e. The van der Waals surface area contributed by atoms with Crippen molar-refractivity contribution in [2.24, 2.45) is 11.8 Å². The second-order valence-corrected chi connectivity index (χ2v) is 5.85. The highest BCUT2D eigenvalue weighted by Gasteiger charge is 2.36. The number of carbonyl (C=O) groups excluding carboxylic acids is 1. The van der Waals surface area contributed by atoms with E-state index in [1.165, 1.54) is 19.3 Å². The van der Waals surface area contributed by atoms with Crippen LogP contribution in [-0.2, 0) is 4.74 Å². The van der Waals surface area contributed by atoms with E-state index in [1.807, 2.05) is 19.1 Å². The van der Waals surface area contributed by atoms with Crippen LogP contribution < -0.4 is 10.6 Å². The Bertz CT molecular complexity index is 503. The van der Waals surface area contributed by atoms with E-state index in [2.05, 4.69) is 4.90 Å². The summed E-state index contributed by atoms with van der Waals surface area (Å²) in [6.07, 6.45) is 4.03. The molecule has 0 aromatic heterocycles. The number of hydrogen-bond donors (Lipinski definition) is 1. The molecule has 0 bridgehead atoms. The summed E-state index contributed by atoms with van der Waals surface area (Å²) in [5, 5.41) is 0. The van der Waals surface area contributed by atoms with Gasteiger partial charge in [-0.05, 0) is 49.8 Å². The lowest BCUT2D eigenvalue weighted by Gasteiger charge is -2.22. The first kappa shape index (κ1) is 13.3. The summed E-state index contributed by atoms with van der Waals surface area (Å²) in [5.41, 5.74) is 8.43. The lowest BCUT2D eigenvalue weighted by molar-refractivity contribution is 0.0526. The Morgan fingerprint density at radius 2 is 2.05 bits per heavy atom. The Morgan fingerprint density at radius 1 is 1.35 bits per heavy atom. The molecule has 20 heavy (non-hydrogen) atoms. The molecule has 2 atom stereocenters. The number of carbonyl (C=O) groups is 1. The van der Waals surface area contributed by atoms with Crippen molar-refractivity contribution in [1.82, 2.24) is 0 Å². The number of benzene rings is 1. The largest absolute Gasteiger partial charge is 0.462 e. The van der Waals surface area contributed by atoms with Gasteiger partial charge in [-0.3, -0.25) is 0 Å². The van der Waals surface area contributed by atoms with Crippen LogP contribution in [0.3, 0.4) is 0 Å². The zero-order valence-corrected chi connectivity index (χ0v) is 12.0. The standard InChI is InChI=1S/C16H22N2O2/c1-2-20-16(19)11-6-7-14(17)15(8-11)18-9-12-4-3-5-13(12)10-18/h6-8,12-13H,2-5,9-10,17H2,1H3. The highest BCUT2D eigenvalue weighted by Crippen LogP contribution is 2.41. The normalized spacial score (nSPS) is 24.8. The molecular formula is C16H22N2O2. The molecule has 2 N–H and O–H groups in total. The molecule has 2 aliphatic rings. The molecule has 4 heteroatoms. The molecule has 1 aromatic rings. The van der Waals surface area contributed by atoms with Gasteiger partial charge in [-0.2, -0.15) is 0 Å². The number of ether oxygens (including phenoxy) is 1. The van der Waals surface area contributed by atoms with E-state index in [-0.39, 0.29) is 5.97 Å². The number of hydrogen-bond acceptors (Lipinski definition) is 4. The maximum absolute atomic E-state index is 11.8. The van der Waals surface area contributed by atoms with Crippen LogP contribution in [0.5, 0.6) is 0 Å². The Morgan fingerprint density at radius 3 is 2.70 bits per heavy atom. The molecule has 1 aromatic carbocycles. The molecule has 1 saturated heterocycles. The van der Waals surface area contributed by atoms with Crippen molar-refractivity contribution >= 4 is 17.3 Å². The van der Waals surface area contributed by atoms with E-state index in [4.69, 9.17) is 10.5 Å². The van der Waals surface area contributed by atoms with Crippen LogP contribution in [0.15, 0.2) is 18.2 Å². The Kier molecular flexibility index (Phi) is 3.55. The van der Waals surface area contributed by atoms with Gasteiger partial charge in [-0.25, -0.2) is 4.79 Å². The Balaban J connectivity index is 1.82. The minimum absolute atomic E-state index is 0.270. The van der Waals surface area contributed by atoms with Gasteiger partial charge >= 0.3 is 5.97 Å². The average Bonchev–Trinajstić information content (AvgIpc) is 3.00. The van der Waals surface area contributed by atoms with Gasteiger partial charge in [0.2, 0.25) is 0 Å². The molecule has 2 fully saturated rings. The summed E-state index contributed by atoms with van der Waals surface area (Å²) in [7, 11) is 0. The van der Waals surface area contributed by atoms with Gasteiger partial charge in [-0.1, -0.05) is 6.42 Å². The van der Waals surface area contributed by atoms with Gasteiger partial charge in [0.05, 0.1) is 23.5 Å². The monoisotopic (exact) mass is 274 g/mol. The molecule has 0 amide bonds. The first-order valence-electron chi connectivity index (χ1n) is 7.50. The van der Waals surface area contributed by atoms with Crippen LogP contribution >= 0.6 is 0 Å². The number of nitrogens with zero attached hydrogens (tertiary/aromatic N) is 1. The van der Waals surface area contributed by atoms with E-state index in [0.717, 1.165) is 36.3 Å². The first-order chi connectivity index (χ1) is 9.69. The van der Waals surface area contributed by atoms with E-state index in [1.54, 1.807) is 6.07 Å². The predicted molar refractivity (Wildman–Crippen MR) is 79.9 cm³/mol. The number of anilines is 2. The molecule has 1 aliphatic carbocycles. The Hall–Kier alpha value is -1.71. The summed E-state index contributed by atoms with van der Waals surface area (Å²) in [5.74, 6) is 1.34. The number of rotatable bonds is 3. The lowest BCUT2D eigenvalue weighted by atomic mass is 10.0. The minimum atomic E-state index is -0.270. The highest BCUT2D eigenvalue weighted by molar-refractivity contribution is 5.92. The van der Waals surface area contributed by atoms with Crippen LogP contribution in [0.4, 0.5) is 11.4 Å². The van der Waals surface area contributed by atoms with Gasteiger partial charge in [-0.15, -0.1) is 0 Å². The molecule has 1 aliphatic heterocycles. The smallest absolute Gasteiger partial charge is 0.338 e. The predicted octanol–water partition coefficient (Wildman–Crippen LogP) is 2.68. The second-order valence-electron chi connectivity index (χ2n) is 5.85. The van der Waals surface area contributed by atoms with Crippen LogP contribution in [-0.4, -0.2) is 25.7 Å². The molecule has 0 spiro atoms. The number of nitrogen functional groups attached to an aromatic ring is 1. The molecule has 3 rings (SSSR count). The third kappa shape index (κ3) is 2.35. The third-order valence-corrected chi connectivity index (χ3v) is 4.61. The molecule has 0 radical (unpaired) electrons. The van der Waals surface area contributed by atoms with Crippen molar-refractivity contribution < 1.29 is 9.53 Å². The average molecular weight is 274 g/mol. The quantitative estimate of drug-likeness (QED) is 0.680. The topological polar surface area (TPSA) is 55.6 Å². The number of fused-ring (bicyclic) bond motifs is 1. The Labute approximate surface area is 119 Å². The van der Waals surface area contributed by atoms with Gasteiger partial charge in [0.15, 0.2) is 0 Å². The molecular weight excluding hydrogens is 252 g/mol. The van der Waals surface area contributed by atoms with Crippen LogP contribution in [0.1, 0.15) is 36.5 Å². The zero-order valence-electron chi connectivity index (χ0n) is 12.0. The van der Waals surface area contributed by atoms with E-state index in [9.17, 15) is 4.79 Å². The summed E-state index contributed by atoms with van der Waals surface area (Å²) in [4.78, 5) is 14.2. The molecule has 4 nitrogen and oxygen atoms in total. The summed E-state index contributed by atoms with van der Waals surface area (Å²) in [6, 6.07) is 5.44. The van der Waals surface area contributed by atoms with E-state index in [0.29, 0.717) is 12.2 Å². The van der Waals surface area contributed by atoms with E-state index < -0.39 is 0 Å². The van der Waals surface area contributed by atoms with Gasteiger partial charge in [0, 0.05) is 13.1 Å². The zero-order chi connectivity index (χ0) is 14.1. The van der Waals surface area contributed by atoms with Crippen LogP contribution in [0.25, 0.3) is 0 Å². The molecule has 1 heterocycles. The first-order valence-corrected chi connectivity index (χ1v) is 7.50.